The van der Waals surface area contributed by atoms with Crippen LogP contribution in [-0.2, 0) is 27.5 Å². The minimum absolute atomic E-state index is 0.109. The molecule has 0 saturated heterocycles. The van der Waals surface area contributed by atoms with Crippen LogP contribution >= 0.6 is 7.60 Å². The Morgan fingerprint density at radius 3 is 1.73 bits per heavy atom. The number of halogens is 2. The largest absolute Gasteiger partial charge is 0.806 e. The van der Waals surface area contributed by atoms with Crippen molar-refractivity contribution in [3.8, 4) is 0 Å². The topological polar surface area (TPSA) is 80.3 Å². The van der Waals surface area contributed by atoms with Gasteiger partial charge in [-0.1, -0.05) is 114 Å². The third kappa shape index (κ3) is 6.09. The molecule has 0 bridgehead atoms. The van der Waals surface area contributed by atoms with Crippen molar-refractivity contribution in [1.29, 1.82) is 0 Å². The number of rotatable bonds is 7. The van der Waals surface area contributed by atoms with Crippen molar-refractivity contribution in [2.75, 3.05) is 0 Å². The van der Waals surface area contributed by atoms with Gasteiger partial charge in [-0.2, -0.15) is 8.78 Å². The minimum atomic E-state index is -6.29. The Bertz CT molecular complexity index is 1300. The summed E-state index contributed by atoms with van der Waals surface area (Å²) in [6.45, 7) is 10.7. The Morgan fingerprint density at radius 1 is 0.784 bits per heavy atom. The molecule has 3 aromatic carbocycles. The second kappa shape index (κ2) is 10.2. The van der Waals surface area contributed by atoms with Crippen molar-refractivity contribution in [2.45, 2.75) is 70.4 Å². The van der Waals surface area contributed by atoms with Crippen molar-refractivity contribution in [2.24, 2.45) is 0 Å². The van der Waals surface area contributed by atoms with Gasteiger partial charge >= 0.3 is 0 Å². The Hall–Kier alpha value is -2.66. The molecule has 3 rings (SSSR count). The Labute approximate surface area is 217 Å². The Balaban J connectivity index is 2.31. The Morgan fingerprint density at radius 2 is 1.27 bits per heavy atom. The molecule has 0 fully saturated rings. The normalized spacial score (nSPS) is 13.9. The molecule has 0 amide bonds. The van der Waals surface area contributed by atoms with Gasteiger partial charge in [0, 0.05) is 18.7 Å². The fourth-order valence-corrected chi connectivity index (χ4v) is 5.40. The zero-order valence-electron chi connectivity index (χ0n) is 22.0. The fourth-order valence-electron chi connectivity index (χ4n) is 4.92. The molecule has 0 N–H and O–H groups in total. The third-order valence-electron chi connectivity index (χ3n) is 6.46. The lowest BCUT2D eigenvalue weighted by molar-refractivity contribution is -0.335. The van der Waals surface area contributed by atoms with Crippen LogP contribution in [0.5, 0.6) is 0 Å². The van der Waals surface area contributed by atoms with E-state index in [2.05, 4.69) is 0 Å². The quantitative estimate of drug-likeness (QED) is 0.262. The number of benzene rings is 3. The molecule has 0 spiro atoms. The SMILES string of the molecule is CC(C)(C)c1c(CC(C(=O)c2ccccc2)c2ccccc2)ccc(C(F)(F)P(=O)([O-])[O-])c1C(C)(C)C. The second-order valence-corrected chi connectivity index (χ2v) is 13.0. The highest BCUT2D eigenvalue weighted by atomic mass is 31.2. The molecule has 0 radical (unpaired) electrons. The molecule has 0 aliphatic rings. The molecule has 1 atom stereocenters. The molecule has 4 nitrogen and oxygen atoms in total. The molecular formula is C30H33F2O4P-2. The van der Waals surface area contributed by atoms with Crippen molar-refractivity contribution in [1.82, 2.24) is 0 Å². The van der Waals surface area contributed by atoms with Crippen molar-refractivity contribution in [3.05, 3.63) is 106 Å². The molecule has 198 valence electrons. The lowest BCUT2D eigenvalue weighted by Crippen LogP contribution is -2.35. The highest BCUT2D eigenvalue weighted by Gasteiger charge is 2.43. The van der Waals surface area contributed by atoms with Crippen LogP contribution in [0.4, 0.5) is 8.78 Å². The van der Waals surface area contributed by atoms with Gasteiger partial charge in [-0.25, -0.2) is 0 Å². The number of alkyl halides is 2. The van der Waals surface area contributed by atoms with Gasteiger partial charge < -0.3 is 14.4 Å². The van der Waals surface area contributed by atoms with Crippen LogP contribution in [-0.4, -0.2) is 5.78 Å². The van der Waals surface area contributed by atoms with Gasteiger partial charge in [-0.05, 0) is 39.5 Å². The van der Waals surface area contributed by atoms with E-state index in [9.17, 15) is 19.1 Å². The molecule has 3 aromatic rings. The first-order valence-electron chi connectivity index (χ1n) is 12.2. The average Bonchev–Trinajstić information content (AvgIpc) is 2.80. The molecule has 0 aliphatic carbocycles. The predicted molar refractivity (Wildman–Crippen MR) is 139 cm³/mol. The summed E-state index contributed by atoms with van der Waals surface area (Å²) < 4.78 is 41.8. The fraction of sp³-hybridized carbons (Fsp3) is 0.367. The standard InChI is InChI=1S/C30H35F2O4P/c1-28(2,3)25-22(17-18-24(26(25)29(4,5)6)30(31,32)37(34,35)36)19-23(20-13-9-7-10-14-20)27(33)21-15-11-8-12-16-21/h7-18,23H,19H2,1-6H3,(H2,34,35,36)/p-2. The number of carbonyl (C=O) groups is 1. The van der Waals surface area contributed by atoms with Gasteiger partial charge in [0.25, 0.3) is 5.66 Å². The first-order chi connectivity index (χ1) is 17.0. The summed E-state index contributed by atoms with van der Waals surface area (Å²) in [5.41, 5.74) is -4.38. The van der Waals surface area contributed by atoms with Gasteiger partial charge in [-0.15, -0.1) is 0 Å². The smallest absolute Gasteiger partial charge is 0.297 e. The van der Waals surface area contributed by atoms with Crippen LogP contribution in [0.15, 0.2) is 72.8 Å². The van der Waals surface area contributed by atoms with E-state index in [-0.39, 0.29) is 17.8 Å². The highest BCUT2D eigenvalue weighted by Crippen LogP contribution is 2.56. The summed E-state index contributed by atoms with van der Waals surface area (Å²) in [7, 11) is -6.29. The number of hydrogen-bond donors (Lipinski definition) is 0. The summed E-state index contributed by atoms with van der Waals surface area (Å²) in [4.78, 5) is 37.0. The van der Waals surface area contributed by atoms with Crippen LogP contribution in [0.2, 0.25) is 0 Å². The Kier molecular flexibility index (Phi) is 8.00. The van der Waals surface area contributed by atoms with Crippen LogP contribution < -0.4 is 9.79 Å². The molecular weight excluding hydrogens is 493 g/mol. The summed E-state index contributed by atoms with van der Waals surface area (Å²) >= 11 is 0. The van der Waals surface area contributed by atoms with E-state index in [0.29, 0.717) is 16.7 Å². The molecule has 0 saturated carbocycles. The lowest BCUT2D eigenvalue weighted by Gasteiger charge is -2.42. The molecule has 0 aromatic heterocycles. The second-order valence-electron chi connectivity index (χ2n) is 11.5. The first kappa shape index (κ1) is 28.9. The number of Topliss-reactive ketones (excluding diaryl/α,β-unsaturated/α-hetero) is 1. The monoisotopic (exact) mass is 526 g/mol. The van der Waals surface area contributed by atoms with Crippen LogP contribution in [0.25, 0.3) is 0 Å². The maximum absolute atomic E-state index is 15.1. The highest BCUT2D eigenvalue weighted by molar-refractivity contribution is 7.49. The number of carbonyl (C=O) groups excluding carboxylic acids is 1. The third-order valence-corrected chi connectivity index (χ3v) is 7.39. The zero-order valence-corrected chi connectivity index (χ0v) is 22.9. The summed E-state index contributed by atoms with van der Waals surface area (Å²) in [6, 6.07) is 20.6. The van der Waals surface area contributed by atoms with E-state index < -0.39 is 35.6 Å². The van der Waals surface area contributed by atoms with Gasteiger partial charge in [0.2, 0.25) is 0 Å². The molecule has 7 heteroatoms. The maximum atomic E-state index is 15.1. The molecule has 37 heavy (non-hydrogen) atoms. The van der Waals surface area contributed by atoms with Crippen LogP contribution in [0.1, 0.15) is 85.6 Å². The maximum Gasteiger partial charge on any atom is 0.297 e. The minimum Gasteiger partial charge on any atom is -0.806 e. The van der Waals surface area contributed by atoms with Gasteiger partial charge in [0.15, 0.2) is 5.78 Å². The van der Waals surface area contributed by atoms with Crippen molar-refractivity contribution in [3.63, 3.8) is 0 Å². The van der Waals surface area contributed by atoms with Gasteiger partial charge in [0.05, 0.1) is 5.92 Å². The molecule has 1 unspecified atom stereocenters. The van der Waals surface area contributed by atoms with Crippen LogP contribution in [0.3, 0.4) is 0 Å². The predicted octanol–water partition coefficient (Wildman–Crippen LogP) is 6.45. The summed E-state index contributed by atoms with van der Waals surface area (Å²) in [5, 5.41) is 0. The summed E-state index contributed by atoms with van der Waals surface area (Å²) in [5.74, 6) is -0.712. The van der Waals surface area contributed by atoms with E-state index in [1.54, 1.807) is 45.0 Å². The van der Waals surface area contributed by atoms with Gasteiger partial charge in [0.1, 0.15) is 0 Å². The van der Waals surface area contributed by atoms with E-state index in [0.717, 1.165) is 11.6 Å². The van der Waals surface area contributed by atoms with E-state index in [4.69, 9.17) is 0 Å². The number of hydrogen-bond acceptors (Lipinski definition) is 4. The average molecular weight is 527 g/mol. The molecule has 0 heterocycles. The summed E-state index contributed by atoms with van der Waals surface area (Å²) in [6.07, 6.45) is 0.214. The van der Waals surface area contributed by atoms with E-state index in [1.807, 2.05) is 57.2 Å². The van der Waals surface area contributed by atoms with Crippen molar-refractivity contribution >= 4 is 13.4 Å². The van der Waals surface area contributed by atoms with E-state index >= 15 is 8.78 Å². The van der Waals surface area contributed by atoms with Gasteiger partial charge in [-0.3, -0.25) is 4.79 Å². The first-order valence-corrected chi connectivity index (χ1v) is 13.7. The van der Waals surface area contributed by atoms with E-state index in [1.165, 1.54) is 6.07 Å². The van der Waals surface area contributed by atoms with Crippen molar-refractivity contribution < 1.29 is 27.9 Å². The van der Waals surface area contributed by atoms with Crippen LogP contribution in [0, 0.1) is 0 Å². The zero-order chi connectivity index (χ0) is 27.8. The number of ketones is 1. The lowest BCUT2D eigenvalue weighted by atomic mass is 9.69. The molecule has 0 aliphatic heterocycles.